The molecule has 1 saturated heterocycles. The van der Waals surface area contributed by atoms with Crippen molar-refractivity contribution in [3.05, 3.63) is 58.0 Å². The van der Waals surface area contributed by atoms with Crippen LogP contribution in [0.2, 0.25) is 0 Å². The van der Waals surface area contributed by atoms with Crippen molar-refractivity contribution < 1.29 is 23.8 Å². The summed E-state index contributed by atoms with van der Waals surface area (Å²) in [7, 11) is 4.55. The zero-order valence-electron chi connectivity index (χ0n) is 16.8. The van der Waals surface area contributed by atoms with Crippen LogP contribution in [0.5, 0.6) is 17.2 Å². The minimum absolute atomic E-state index is 0.235. The summed E-state index contributed by atoms with van der Waals surface area (Å²) in [6.07, 6.45) is 1.65. The molecular formula is C21H20N2O5S2. The van der Waals surface area contributed by atoms with E-state index in [9.17, 15) is 9.59 Å². The highest BCUT2D eigenvalue weighted by Crippen LogP contribution is 2.40. The van der Waals surface area contributed by atoms with Gasteiger partial charge in [-0.3, -0.25) is 15.0 Å². The van der Waals surface area contributed by atoms with E-state index in [2.05, 4.69) is 5.43 Å². The number of carbonyl (C=O) groups excluding carboxylic acids is 2. The maximum Gasteiger partial charge on any atom is 0.285 e. The Balaban J connectivity index is 1.84. The topological polar surface area (TPSA) is 77.1 Å². The van der Waals surface area contributed by atoms with Crippen molar-refractivity contribution in [1.82, 2.24) is 10.4 Å². The second-order valence-corrected chi connectivity index (χ2v) is 7.96. The molecule has 30 heavy (non-hydrogen) atoms. The Labute approximate surface area is 184 Å². The number of hydrogen-bond acceptors (Lipinski definition) is 7. The Morgan fingerprint density at radius 2 is 1.67 bits per heavy atom. The van der Waals surface area contributed by atoms with Gasteiger partial charge in [0.2, 0.25) is 5.75 Å². The van der Waals surface area contributed by atoms with E-state index in [1.165, 1.54) is 21.3 Å². The summed E-state index contributed by atoms with van der Waals surface area (Å²) in [4.78, 5) is 25.6. The van der Waals surface area contributed by atoms with Crippen molar-refractivity contribution in [3.63, 3.8) is 0 Å². The molecule has 0 unspecified atom stereocenters. The molecule has 2 amide bonds. The number of aryl methyl sites for hydroxylation is 1. The third kappa shape index (κ3) is 4.42. The van der Waals surface area contributed by atoms with E-state index in [1.54, 1.807) is 30.3 Å². The number of hydrogen-bond donors (Lipinski definition) is 1. The molecule has 0 radical (unpaired) electrons. The van der Waals surface area contributed by atoms with Crippen molar-refractivity contribution in [3.8, 4) is 17.2 Å². The lowest BCUT2D eigenvalue weighted by Crippen LogP contribution is -2.44. The van der Waals surface area contributed by atoms with Crippen LogP contribution in [0.25, 0.3) is 6.08 Å². The quantitative estimate of drug-likeness (QED) is 0.539. The van der Waals surface area contributed by atoms with E-state index in [4.69, 9.17) is 26.4 Å². The van der Waals surface area contributed by atoms with Crippen LogP contribution in [0.4, 0.5) is 0 Å². The number of benzene rings is 2. The van der Waals surface area contributed by atoms with Gasteiger partial charge in [-0.05, 0) is 55.0 Å². The Morgan fingerprint density at radius 1 is 1.07 bits per heavy atom. The molecular weight excluding hydrogens is 424 g/mol. The number of nitrogens with zero attached hydrogens (tertiary/aromatic N) is 1. The predicted molar refractivity (Wildman–Crippen MR) is 120 cm³/mol. The molecule has 9 heteroatoms. The van der Waals surface area contributed by atoms with Crippen molar-refractivity contribution in [2.24, 2.45) is 0 Å². The van der Waals surface area contributed by atoms with E-state index in [1.807, 2.05) is 19.1 Å². The second kappa shape index (κ2) is 9.19. The van der Waals surface area contributed by atoms with Crippen LogP contribution in [0.15, 0.2) is 41.3 Å². The van der Waals surface area contributed by atoms with Crippen LogP contribution >= 0.6 is 24.0 Å². The lowest BCUT2D eigenvalue weighted by molar-refractivity contribution is -0.123. The summed E-state index contributed by atoms with van der Waals surface area (Å²) >= 11 is 6.37. The van der Waals surface area contributed by atoms with E-state index < -0.39 is 11.8 Å². The van der Waals surface area contributed by atoms with Gasteiger partial charge in [0.25, 0.3) is 11.8 Å². The number of nitrogens with one attached hydrogen (secondary N) is 1. The Hall–Kier alpha value is -3.04. The molecule has 1 heterocycles. The third-order valence-corrected chi connectivity index (χ3v) is 5.61. The zero-order valence-corrected chi connectivity index (χ0v) is 18.5. The average Bonchev–Trinajstić information content (AvgIpc) is 3.00. The van der Waals surface area contributed by atoms with E-state index in [0.29, 0.717) is 33.3 Å². The maximum atomic E-state index is 12.8. The molecule has 1 aliphatic rings. The summed E-state index contributed by atoms with van der Waals surface area (Å²) in [5.41, 5.74) is 4.69. The normalized spacial score (nSPS) is 14.8. The first-order chi connectivity index (χ1) is 14.4. The van der Waals surface area contributed by atoms with Crippen molar-refractivity contribution in [1.29, 1.82) is 0 Å². The second-order valence-electron chi connectivity index (χ2n) is 6.28. The van der Waals surface area contributed by atoms with Crippen LogP contribution in [0.1, 0.15) is 21.5 Å². The molecule has 0 saturated carbocycles. The van der Waals surface area contributed by atoms with Crippen LogP contribution in [0.3, 0.4) is 0 Å². The van der Waals surface area contributed by atoms with Gasteiger partial charge in [-0.2, -0.15) is 5.01 Å². The molecule has 0 aromatic heterocycles. The Bertz CT molecular complexity index is 1010. The average molecular weight is 445 g/mol. The molecule has 0 aliphatic carbocycles. The Morgan fingerprint density at radius 3 is 2.20 bits per heavy atom. The van der Waals surface area contributed by atoms with E-state index >= 15 is 0 Å². The summed E-state index contributed by atoms with van der Waals surface area (Å²) in [5.74, 6) is 0.548. The van der Waals surface area contributed by atoms with Gasteiger partial charge in [0.15, 0.2) is 15.8 Å². The largest absolute Gasteiger partial charge is 0.493 e. The zero-order chi connectivity index (χ0) is 21.8. The van der Waals surface area contributed by atoms with Gasteiger partial charge in [0.1, 0.15) is 0 Å². The minimum atomic E-state index is -0.417. The fourth-order valence-electron chi connectivity index (χ4n) is 2.77. The third-order valence-electron chi connectivity index (χ3n) is 4.31. The van der Waals surface area contributed by atoms with Crippen LogP contribution in [-0.2, 0) is 4.79 Å². The molecule has 1 aliphatic heterocycles. The highest BCUT2D eigenvalue weighted by atomic mass is 32.2. The first-order valence-corrected chi connectivity index (χ1v) is 10.1. The minimum Gasteiger partial charge on any atom is -0.493 e. The highest BCUT2D eigenvalue weighted by molar-refractivity contribution is 8.26. The van der Waals surface area contributed by atoms with Gasteiger partial charge in [0.05, 0.1) is 26.2 Å². The SMILES string of the molecule is COc1cc(/C=C2/SC(=S)N(NC(=O)c3ccc(C)cc3)C2=O)cc(OC)c1OC. The summed E-state index contributed by atoms with van der Waals surface area (Å²) in [6.45, 7) is 1.93. The monoisotopic (exact) mass is 444 g/mol. The standard InChI is InChI=1S/C21H20N2O5S2/c1-12-5-7-14(8-6-12)19(24)22-23-20(25)17(30-21(23)29)11-13-9-15(26-2)18(28-4)16(10-13)27-3/h5-11H,1-4H3,(H,22,24)/b17-11+. The van der Waals surface area contributed by atoms with Crippen molar-refractivity contribution >= 4 is 46.2 Å². The smallest absolute Gasteiger partial charge is 0.285 e. The number of ether oxygens (including phenoxy) is 3. The van der Waals surface area contributed by atoms with Gasteiger partial charge in [-0.25, -0.2) is 0 Å². The fourth-order valence-corrected chi connectivity index (χ4v) is 3.95. The Kier molecular flexibility index (Phi) is 6.63. The first kappa shape index (κ1) is 21.7. The van der Waals surface area contributed by atoms with Crippen molar-refractivity contribution in [2.45, 2.75) is 6.92 Å². The molecule has 0 spiro atoms. The van der Waals surface area contributed by atoms with Gasteiger partial charge in [0, 0.05) is 5.56 Å². The number of rotatable bonds is 6. The number of hydrazine groups is 1. The van der Waals surface area contributed by atoms with Crippen LogP contribution < -0.4 is 19.6 Å². The lowest BCUT2D eigenvalue weighted by Gasteiger charge is -2.15. The number of amides is 2. The van der Waals surface area contributed by atoms with E-state index in [-0.39, 0.29) is 4.32 Å². The molecule has 2 aromatic rings. The molecule has 2 aromatic carbocycles. The van der Waals surface area contributed by atoms with Crippen LogP contribution in [-0.4, -0.2) is 42.5 Å². The first-order valence-electron chi connectivity index (χ1n) is 8.83. The maximum absolute atomic E-state index is 12.8. The molecule has 1 N–H and O–H groups in total. The number of methoxy groups -OCH3 is 3. The molecule has 0 bridgehead atoms. The van der Waals surface area contributed by atoms with Gasteiger partial charge in [-0.1, -0.05) is 29.5 Å². The van der Waals surface area contributed by atoms with Gasteiger partial charge >= 0.3 is 0 Å². The fraction of sp³-hybridized carbons (Fsp3) is 0.190. The number of thiocarbonyl (C=S) groups is 1. The summed E-state index contributed by atoms with van der Waals surface area (Å²) in [6, 6.07) is 10.5. The number of carbonyl (C=O) groups is 2. The highest BCUT2D eigenvalue weighted by Gasteiger charge is 2.34. The van der Waals surface area contributed by atoms with Crippen LogP contribution in [0, 0.1) is 6.92 Å². The molecule has 3 rings (SSSR count). The lowest BCUT2D eigenvalue weighted by atomic mass is 10.1. The molecule has 0 atom stereocenters. The van der Waals surface area contributed by atoms with Crippen molar-refractivity contribution in [2.75, 3.05) is 21.3 Å². The summed E-state index contributed by atoms with van der Waals surface area (Å²) < 4.78 is 16.2. The molecule has 1 fully saturated rings. The van der Waals surface area contributed by atoms with Gasteiger partial charge < -0.3 is 14.2 Å². The summed E-state index contributed by atoms with van der Waals surface area (Å²) in [5, 5.41) is 1.08. The molecule has 156 valence electrons. The number of thioether (sulfide) groups is 1. The predicted octanol–water partition coefficient (Wildman–Crippen LogP) is 3.57. The van der Waals surface area contributed by atoms with E-state index in [0.717, 1.165) is 22.3 Å². The van der Waals surface area contributed by atoms with Gasteiger partial charge in [-0.15, -0.1) is 0 Å². The molecule has 7 nitrogen and oxygen atoms in total.